The average Bonchev–Trinajstić information content (AvgIpc) is 2.49. The molecule has 0 bridgehead atoms. The van der Waals surface area contributed by atoms with Gasteiger partial charge in [-0.05, 0) is 25.1 Å². The van der Waals surface area contributed by atoms with E-state index in [9.17, 15) is 18.5 Å². The van der Waals surface area contributed by atoms with Gasteiger partial charge in [0.1, 0.15) is 5.75 Å². The molecule has 1 N–H and O–H groups in total. The zero-order valence-corrected chi connectivity index (χ0v) is 13.8. The molecule has 0 saturated heterocycles. The monoisotopic (exact) mass is 356 g/mol. The van der Waals surface area contributed by atoms with Gasteiger partial charge in [-0.3, -0.25) is 14.8 Å². The topological polar surface area (TPSA) is 98.5 Å². The summed E-state index contributed by atoms with van der Waals surface area (Å²) in [6, 6.07) is 8.15. The minimum Gasteiger partial charge on any atom is -0.497 e. The number of methoxy groups -OCH3 is 1. The van der Waals surface area contributed by atoms with Gasteiger partial charge in [-0.15, -0.1) is 0 Å². The molecule has 0 aliphatic heterocycles. The Labute approximate surface area is 138 Å². The number of hydrogen-bond donors (Lipinski definition) is 1. The quantitative estimate of drug-likeness (QED) is 0.654. The molecule has 2 rings (SSSR count). The maximum atomic E-state index is 12.4. The van der Waals surface area contributed by atoms with Crippen molar-refractivity contribution < 1.29 is 18.1 Å². The van der Waals surface area contributed by atoms with Crippen LogP contribution in [0.4, 0.5) is 11.4 Å². The van der Waals surface area contributed by atoms with E-state index in [4.69, 9.17) is 16.3 Å². The lowest BCUT2D eigenvalue weighted by atomic mass is 10.2. The van der Waals surface area contributed by atoms with Crippen LogP contribution in [-0.4, -0.2) is 20.5 Å². The second-order valence-corrected chi connectivity index (χ2v) is 6.75. The van der Waals surface area contributed by atoms with E-state index in [-0.39, 0.29) is 21.3 Å². The summed E-state index contributed by atoms with van der Waals surface area (Å²) < 4.78 is 32.1. The Bertz CT molecular complexity index is 867. The van der Waals surface area contributed by atoms with E-state index >= 15 is 0 Å². The van der Waals surface area contributed by atoms with Crippen LogP contribution in [0.15, 0.2) is 41.3 Å². The standard InChI is InChI=1S/C14H13ClN2O5S/c1-9-3-5-11(8-14(9)17(18)19)23(20,21)16-13-7-10(22-2)4-6-12(13)15/h3-8,16H,1-2H3. The van der Waals surface area contributed by atoms with Crippen LogP contribution in [0.2, 0.25) is 5.02 Å². The van der Waals surface area contributed by atoms with Gasteiger partial charge in [-0.1, -0.05) is 17.7 Å². The predicted octanol–water partition coefficient (Wildman–Crippen LogP) is 3.37. The second kappa shape index (κ2) is 6.43. The number of nitrogens with zero attached hydrogens (tertiary/aromatic N) is 1. The van der Waals surface area contributed by atoms with E-state index < -0.39 is 14.9 Å². The SMILES string of the molecule is COc1ccc(Cl)c(NS(=O)(=O)c2ccc(C)c([N+](=O)[O-])c2)c1. The summed E-state index contributed by atoms with van der Waals surface area (Å²) in [5.41, 5.74) is 0.215. The second-order valence-electron chi connectivity index (χ2n) is 4.66. The smallest absolute Gasteiger partial charge is 0.273 e. The summed E-state index contributed by atoms with van der Waals surface area (Å²) in [7, 11) is -2.59. The third-order valence-corrected chi connectivity index (χ3v) is 4.80. The van der Waals surface area contributed by atoms with Crippen LogP contribution in [0.25, 0.3) is 0 Å². The van der Waals surface area contributed by atoms with Crippen LogP contribution in [-0.2, 0) is 10.0 Å². The zero-order valence-electron chi connectivity index (χ0n) is 12.2. The van der Waals surface area contributed by atoms with E-state index in [1.807, 2.05) is 0 Å². The Morgan fingerprint density at radius 2 is 1.91 bits per heavy atom. The fraction of sp³-hybridized carbons (Fsp3) is 0.143. The number of benzene rings is 2. The van der Waals surface area contributed by atoms with E-state index in [0.717, 1.165) is 6.07 Å². The summed E-state index contributed by atoms with van der Waals surface area (Å²) in [5, 5.41) is 11.1. The average molecular weight is 357 g/mol. The first-order valence-corrected chi connectivity index (χ1v) is 8.22. The third kappa shape index (κ3) is 3.72. The highest BCUT2D eigenvalue weighted by atomic mass is 35.5. The molecule has 7 nitrogen and oxygen atoms in total. The molecule has 0 radical (unpaired) electrons. The molecule has 0 amide bonds. The number of sulfonamides is 1. The number of halogens is 1. The van der Waals surface area contributed by atoms with Gasteiger partial charge in [0.2, 0.25) is 0 Å². The Hall–Kier alpha value is -2.32. The van der Waals surface area contributed by atoms with Gasteiger partial charge < -0.3 is 4.74 Å². The fourth-order valence-electron chi connectivity index (χ4n) is 1.87. The highest BCUT2D eigenvalue weighted by Crippen LogP contribution is 2.30. The molecule has 0 saturated carbocycles. The van der Waals surface area contributed by atoms with Gasteiger partial charge in [0.05, 0.1) is 27.6 Å². The predicted molar refractivity (Wildman–Crippen MR) is 86.6 cm³/mol. The fourth-order valence-corrected chi connectivity index (χ4v) is 3.18. The summed E-state index contributed by atoms with van der Waals surface area (Å²) in [6.07, 6.45) is 0. The Morgan fingerprint density at radius 1 is 1.22 bits per heavy atom. The van der Waals surface area contributed by atoms with Crippen molar-refractivity contribution in [3.8, 4) is 5.75 Å². The minimum absolute atomic E-state index is 0.120. The number of hydrogen-bond acceptors (Lipinski definition) is 5. The molecule has 0 aliphatic rings. The number of rotatable bonds is 5. The lowest BCUT2D eigenvalue weighted by Gasteiger charge is -2.11. The van der Waals surface area contributed by atoms with E-state index in [2.05, 4.69) is 4.72 Å². The number of ether oxygens (including phenoxy) is 1. The molecule has 0 atom stereocenters. The number of nitrogens with one attached hydrogen (secondary N) is 1. The molecule has 0 aliphatic carbocycles. The molecule has 2 aromatic rings. The minimum atomic E-state index is -4.03. The van der Waals surface area contributed by atoms with Gasteiger partial charge >= 0.3 is 0 Å². The highest BCUT2D eigenvalue weighted by molar-refractivity contribution is 7.92. The van der Waals surface area contributed by atoms with E-state index in [0.29, 0.717) is 11.3 Å². The Balaban J connectivity index is 2.44. The van der Waals surface area contributed by atoms with Crippen molar-refractivity contribution in [3.05, 3.63) is 57.1 Å². The van der Waals surface area contributed by atoms with Crippen LogP contribution < -0.4 is 9.46 Å². The number of nitro benzene ring substituents is 1. The summed E-state index contributed by atoms with van der Waals surface area (Å²) >= 11 is 5.96. The lowest BCUT2D eigenvalue weighted by Crippen LogP contribution is -2.13. The maximum Gasteiger partial charge on any atom is 0.273 e. The first-order valence-electron chi connectivity index (χ1n) is 6.36. The summed E-state index contributed by atoms with van der Waals surface area (Å²) in [6.45, 7) is 1.53. The molecular formula is C14H13ClN2O5S. The van der Waals surface area contributed by atoms with Crippen LogP contribution in [0.3, 0.4) is 0 Å². The molecule has 122 valence electrons. The first kappa shape index (κ1) is 17.0. The van der Waals surface area contributed by atoms with Crippen molar-refractivity contribution in [1.29, 1.82) is 0 Å². The molecule has 0 spiro atoms. The van der Waals surface area contributed by atoms with Crippen molar-refractivity contribution in [2.24, 2.45) is 0 Å². The molecule has 23 heavy (non-hydrogen) atoms. The molecule has 0 fully saturated rings. The first-order chi connectivity index (χ1) is 10.7. The van der Waals surface area contributed by atoms with Crippen molar-refractivity contribution in [3.63, 3.8) is 0 Å². The number of aryl methyl sites for hydroxylation is 1. The summed E-state index contributed by atoms with van der Waals surface area (Å²) in [5.74, 6) is 0.419. The van der Waals surface area contributed by atoms with Gasteiger partial charge in [0.15, 0.2) is 0 Å². The maximum absolute atomic E-state index is 12.4. The number of nitro groups is 1. The van der Waals surface area contributed by atoms with Crippen LogP contribution in [0.1, 0.15) is 5.56 Å². The Kier molecular flexibility index (Phi) is 4.76. The molecule has 0 aromatic heterocycles. The van der Waals surface area contributed by atoms with Crippen molar-refractivity contribution in [2.75, 3.05) is 11.8 Å². The molecule has 2 aromatic carbocycles. The van der Waals surface area contributed by atoms with E-state index in [1.54, 1.807) is 6.07 Å². The number of anilines is 1. The Morgan fingerprint density at radius 3 is 2.52 bits per heavy atom. The lowest BCUT2D eigenvalue weighted by molar-refractivity contribution is -0.385. The molecule has 9 heteroatoms. The van der Waals surface area contributed by atoms with Gasteiger partial charge in [-0.2, -0.15) is 0 Å². The van der Waals surface area contributed by atoms with Crippen LogP contribution >= 0.6 is 11.6 Å². The van der Waals surface area contributed by atoms with Crippen LogP contribution in [0, 0.1) is 17.0 Å². The summed E-state index contributed by atoms with van der Waals surface area (Å²) in [4.78, 5) is 10.1. The normalized spacial score (nSPS) is 11.1. The molecule has 0 unspecified atom stereocenters. The van der Waals surface area contributed by atoms with Crippen molar-refractivity contribution >= 4 is 33.0 Å². The van der Waals surface area contributed by atoms with Gasteiger partial charge in [0, 0.05) is 17.7 Å². The van der Waals surface area contributed by atoms with Gasteiger partial charge in [0.25, 0.3) is 15.7 Å². The zero-order chi connectivity index (χ0) is 17.2. The third-order valence-electron chi connectivity index (χ3n) is 3.11. The van der Waals surface area contributed by atoms with E-state index in [1.165, 1.54) is 38.3 Å². The van der Waals surface area contributed by atoms with Crippen molar-refractivity contribution in [1.82, 2.24) is 0 Å². The molecular weight excluding hydrogens is 344 g/mol. The van der Waals surface area contributed by atoms with Gasteiger partial charge in [-0.25, -0.2) is 8.42 Å². The highest BCUT2D eigenvalue weighted by Gasteiger charge is 2.21. The van der Waals surface area contributed by atoms with Crippen molar-refractivity contribution in [2.45, 2.75) is 11.8 Å². The molecule has 0 heterocycles. The largest absolute Gasteiger partial charge is 0.497 e. The van der Waals surface area contributed by atoms with Crippen LogP contribution in [0.5, 0.6) is 5.75 Å².